The van der Waals surface area contributed by atoms with E-state index in [1.165, 1.54) is 250 Å². The molecule has 0 heterocycles. The third kappa shape index (κ3) is 74.1. The molecule has 0 aromatic rings. The summed E-state index contributed by atoms with van der Waals surface area (Å²) >= 11 is 0. The largest absolute Gasteiger partial charge is 0.472 e. The van der Waals surface area contributed by atoms with Crippen LogP contribution in [0.3, 0.4) is 0 Å². The van der Waals surface area contributed by atoms with Gasteiger partial charge in [-0.05, 0) is 31.6 Å². The number of carbonyl (C=O) groups is 4. The Morgan fingerprint density at radius 2 is 0.465 bits per heavy atom. The van der Waals surface area contributed by atoms with Crippen LogP contribution in [0, 0.1) is 5.92 Å². The molecule has 0 radical (unpaired) electrons. The molecule has 0 spiro atoms. The lowest BCUT2D eigenvalue weighted by Gasteiger charge is -2.21. The van der Waals surface area contributed by atoms with Crippen molar-refractivity contribution >= 4 is 39.5 Å². The summed E-state index contributed by atoms with van der Waals surface area (Å²) in [6, 6.07) is 0. The van der Waals surface area contributed by atoms with Gasteiger partial charge in [-0.1, -0.05) is 375 Å². The molecule has 0 fully saturated rings. The quantitative estimate of drug-likeness (QED) is 0.0222. The van der Waals surface area contributed by atoms with Crippen LogP contribution in [-0.2, 0) is 65.4 Å². The average Bonchev–Trinajstić information content (AvgIpc) is 1.08. The number of unbranched alkanes of at least 4 members (excludes halogenated alkanes) is 52. The van der Waals surface area contributed by atoms with Gasteiger partial charge in [-0.15, -0.1) is 0 Å². The fourth-order valence-corrected chi connectivity index (χ4v) is 14.0. The van der Waals surface area contributed by atoms with E-state index in [4.69, 9.17) is 37.0 Å². The summed E-state index contributed by atoms with van der Waals surface area (Å²) in [6.07, 6.45) is 63.7. The van der Waals surface area contributed by atoms with Crippen molar-refractivity contribution < 1.29 is 80.2 Å². The molecular weight excluding hydrogens is 1290 g/mol. The molecule has 588 valence electrons. The molecule has 0 aromatic carbocycles. The van der Waals surface area contributed by atoms with Gasteiger partial charge in [0.2, 0.25) is 0 Å². The third-order valence-electron chi connectivity index (χ3n) is 18.8. The minimum absolute atomic E-state index is 0.109. The van der Waals surface area contributed by atoms with Crippen molar-refractivity contribution in [2.45, 2.75) is 445 Å². The van der Waals surface area contributed by atoms with Gasteiger partial charge in [0.1, 0.15) is 19.3 Å². The van der Waals surface area contributed by atoms with Crippen molar-refractivity contribution in [3.05, 3.63) is 0 Å². The molecule has 0 aliphatic carbocycles. The number of esters is 4. The van der Waals surface area contributed by atoms with Crippen LogP contribution in [-0.4, -0.2) is 96.7 Å². The monoisotopic (exact) mass is 1450 g/mol. The highest BCUT2D eigenvalue weighted by Crippen LogP contribution is 2.45. The van der Waals surface area contributed by atoms with Crippen LogP contribution in [0.25, 0.3) is 0 Å². The molecule has 99 heavy (non-hydrogen) atoms. The van der Waals surface area contributed by atoms with Crippen molar-refractivity contribution in [1.29, 1.82) is 0 Å². The van der Waals surface area contributed by atoms with Gasteiger partial charge < -0.3 is 33.8 Å². The van der Waals surface area contributed by atoms with Gasteiger partial charge in [0, 0.05) is 25.7 Å². The van der Waals surface area contributed by atoms with Gasteiger partial charge in [-0.25, -0.2) is 9.13 Å². The lowest BCUT2D eigenvalue weighted by atomic mass is 10.0. The number of carbonyl (C=O) groups excluding carboxylic acids is 4. The molecule has 0 aliphatic heterocycles. The van der Waals surface area contributed by atoms with Crippen LogP contribution in [0.5, 0.6) is 0 Å². The van der Waals surface area contributed by atoms with E-state index in [9.17, 15) is 43.2 Å². The number of ether oxygens (including phenoxy) is 4. The first-order chi connectivity index (χ1) is 48.0. The molecule has 19 heteroatoms. The molecule has 2 unspecified atom stereocenters. The Bertz CT molecular complexity index is 1890. The zero-order valence-corrected chi connectivity index (χ0v) is 66.4. The lowest BCUT2D eigenvalue weighted by molar-refractivity contribution is -0.161. The van der Waals surface area contributed by atoms with Crippen LogP contribution in [0.2, 0.25) is 0 Å². The fraction of sp³-hybridized carbons (Fsp3) is 0.950. The van der Waals surface area contributed by atoms with Crippen molar-refractivity contribution in [1.82, 2.24) is 0 Å². The highest BCUT2D eigenvalue weighted by molar-refractivity contribution is 7.47. The predicted octanol–water partition coefficient (Wildman–Crippen LogP) is 24.0. The van der Waals surface area contributed by atoms with Crippen molar-refractivity contribution in [2.24, 2.45) is 5.92 Å². The van der Waals surface area contributed by atoms with Gasteiger partial charge >= 0.3 is 39.5 Å². The smallest absolute Gasteiger partial charge is 0.462 e. The second kappa shape index (κ2) is 73.0. The summed E-state index contributed by atoms with van der Waals surface area (Å²) in [6.45, 7) is 7.36. The number of hydrogen-bond acceptors (Lipinski definition) is 15. The van der Waals surface area contributed by atoms with Gasteiger partial charge in [-0.3, -0.25) is 37.3 Å². The first-order valence-corrected chi connectivity index (χ1v) is 44.6. The highest BCUT2D eigenvalue weighted by atomic mass is 31.2. The van der Waals surface area contributed by atoms with E-state index in [-0.39, 0.29) is 25.7 Å². The Kier molecular flexibility index (Phi) is 71.6. The second-order valence-electron chi connectivity index (χ2n) is 29.3. The molecular formula is C80H156O17P2. The molecule has 0 amide bonds. The van der Waals surface area contributed by atoms with Gasteiger partial charge in [0.05, 0.1) is 26.4 Å². The standard InChI is InChI=1S/C80H156O17P2/c1-6-9-12-15-18-21-24-26-30-35-39-44-49-54-59-64-78(83)91-70-76(97-80(85)66-61-56-51-46-41-37-33-29-28-32-34-38-42-47-52-57-62-73(4)5)72-95-99(88,89)93-68-74(81)67-92-98(86,87)94-71-75(69-90-77(82)63-58-53-48-43-23-20-17-14-11-8-3)96-79(84)65-60-55-50-45-40-36-31-27-25-22-19-16-13-10-7-2/h73-76,81H,6-72H2,1-5H3,(H,86,87)(H,88,89)/t74-,75+,76+/m0/s1. The topological polar surface area (TPSA) is 237 Å². The van der Waals surface area contributed by atoms with Crippen LogP contribution < -0.4 is 0 Å². The number of aliphatic hydroxyl groups excluding tert-OH is 1. The van der Waals surface area contributed by atoms with Crippen molar-refractivity contribution in [3.63, 3.8) is 0 Å². The first-order valence-electron chi connectivity index (χ1n) is 41.6. The van der Waals surface area contributed by atoms with Crippen LogP contribution >= 0.6 is 15.6 Å². The first kappa shape index (κ1) is 97.1. The van der Waals surface area contributed by atoms with E-state index in [1.54, 1.807) is 0 Å². The number of hydrogen-bond donors (Lipinski definition) is 3. The molecule has 0 saturated carbocycles. The van der Waals surface area contributed by atoms with E-state index in [0.29, 0.717) is 25.7 Å². The second-order valence-corrected chi connectivity index (χ2v) is 32.2. The van der Waals surface area contributed by atoms with Gasteiger partial charge in [-0.2, -0.15) is 0 Å². The molecule has 17 nitrogen and oxygen atoms in total. The van der Waals surface area contributed by atoms with E-state index < -0.39 is 97.5 Å². The maximum absolute atomic E-state index is 13.1. The minimum atomic E-state index is -4.96. The normalized spacial score (nSPS) is 13.9. The molecule has 0 aliphatic rings. The summed E-state index contributed by atoms with van der Waals surface area (Å²) in [5, 5.41) is 10.6. The van der Waals surface area contributed by atoms with Gasteiger partial charge in [0.15, 0.2) is 12.2 Å². The highest BCUT2D eigenvalue weighted by Gasteiger charge is 2.30. The summed E-state index contributed by atoms with van der Waals surface area (Å²) < 4.78 is 68.7. The SMILES string of the molecule is CCCCCCCCCCCCCCCCCC(=O)OC[C@H](COP(=O)(O)OC[C@@H](O)COP(=O)(O)OC[C@@H](COC(=O)CCCCCCCCCCCC)OC(=O)CCCCCCCCCCCCCCCCC)OC(=O)CCCCCCCCCCCCCCCCCCC(C)C. The minimum Gasteiger partial charge on any atom is -0.462 e. The molecule has 3 N–H and O–H groups in total. The van der Waals surface area contributed by atoms with Crippen molar-refractivity contribution in [3.8, 4) is 0 Å². The molecule has 0 aromatic heterocycles. The van der Waals surface area contributed by atoms with Gasteiger partial charge in [0.25, 0.3) is 0 Å². The van der Waals surface area contributed by atoms with E-state index >= 15 is 0 Å². The summed E-state index contributed by atoms with van der Waals surface area (Å²) in [7, 11) is -9.92. The van der Waals surface area contributed by atoms with E-state index in [0.717, 1.165) is 95.8 Å². The summed E-state index contributed by atoms with van der Waals surface area (Å²) in [5.41, 5.74) is 0. The zero-order valence-electron chi connectivity index (χ0n) is 64.6. The lowest BCUT2D eigenvalue weighted by Crippen LogP contribution is -2.30. The van der Waals surface area contributed by atoms with Crippen LogP contribution in [0.4, 0.5) is 0 Å². The summed E-state index contributed by atoms with van der Waals surface area (Å²) in [4.78, 5) is 73.0. The summed E-state index contributed by atoms with van der Waals surface area (Å²) in [5.74, 6) is -1.30. The van der Waals surface area contributed by atoms with Crippen LogP contribution in [0.15, 0.2) is 0 Å². The number of phosphoric ester groups is 2. The Labute approximate surface area is 607 Å². The van der Waals surface area contributed by atoms with Crippen LogP contribution in [0.1, 0.15) is 426 Å². The molecule has 0 saturated heterocycles. The Morgan fingerprint density at radius 3 is 0.687 bits per heavy atom. The fourth-order valence-electron chi connectivity index (χ4n) is 12.4. The average molecular weight is 1450 g/mol. The molecule has 5 atom stereocenters. The number of rotatable bonds is 80. The number of phosphoric acid groups is 2. The Hall–Kier alpha value is -1.94. The zero-order chi connectivity index (χ0) is 72.7. The Balaban J connectivity index is 5.23. The molecule has 0 rings (SSSR count). The maximum atomic E-state index is 13.1. The Morgan fingerprint density at radius 1 is 0.273 bits per heavy atom. The van der Waals surface area contributed by atoms with Crippen molar-refractivity contribution in [2.75, 3.05) is 39.6 Å². The maximum Gasteiger partial charge on any atom is 0.472 e. The van der Waals surface area contributed by atoms with E-state index in [2.05, 4.69) is 34.6 Å². The van der Waals surface area contributed by atoms with E-state index in [1.807, 2.05) is 0 Å². The number of aliphatic hydroxyl groups is 1. The molecule has 0 bridgehead atoms. The third-order valence-corrected chi connectivity index (χ3v) is 20.7. The predicted molar refractivity (Wildman–Crippen MR) is 405 cm³/mol.